The highest BCUT2D eigenvalue weighted by atomic mass is 15.2. The Morgan fingerprint density at radius 3 is 3.07 bits per heavy atom. The van der Waals surface area contributed by atoms with Crippen molar-refractivity contribution in [2.45, 2.75) is 32.2 Å². The van der Waals surface area contributed by atoms with E-state index in [4.69, 9.17) is 0 Å². The van der Waals surface area contributed by atoms with Crippen molar-refractivity contribution >= 4 is 5.95 Å². The first-order chi connectivity index (χ1) is 7.40. The van der Waals surface area contributed by atoms with Gasteiger partial charge in [0.2, 0.25) is 5.95 Å². The molecule has 0 aliphatic heterocycles. The van der Waals surface area contributed by atoms with E-state index in [0.29, 0.717) is 0 Å². The largest absolute Gasteiger partial charge is 0.355 e. The van der Waals surface area contributed by atoms with E-state index in [9.17, 15) is 0 Å². The summed E-state index contributed by atoms with van der Waals surface area (Å²) in [6.45, 7) is 5.63. The van der Waals surface area contributed by atoms with E-state index < -0.39 is 0 Å². The zero-order chi connectivity index (χ0) is 10.5. The first-order valence-electron chi connectivity index (χ1n) is 5.76. The number of imidazole rings is 1. The summed E-state index contributed by atoms with van der Waals surface area (Å²) in [5.41, 5.74) is 0. The molecular weight excluding hydrogens is 186 g/mol. The van der Waals surface area contributed by atoms with Crippen LogP contribution in [0, 0.1) is 5.92 Å². The Bertz CT molecular complexity index is 310. The molecule has 1 aliphatic carbocycles. The molecule has 15 heavy (non-hydrogen) atoms. The minimum Gasteiger partial charge on any atom is -0.355 e. The van der Waals surface area contributed by atoms with Crippen molar-refractivity contribution in [1.82, 2.24) is 9.55 Å². The standard InChI is InChI=1S/C12H19N3/c1-2-8-15-9-7-13-12(15)14-10-11-5-3-4-6-11/h2,7,9,11H,1,3-6,8,10H2,(H,13,14). The van der Waals surface area contributed by atoms with E-state index in [1.54, 1.807) is 0 Å². The highest BCUT2D eigenvalue weighted by molar-refractivity contribution is 5.26. The molecule has 3 nitrogen and oxygen atoms in total. The summed E-state index contributed by atoms with van der Waals surface area (Å²) in [5, 5.41) is 3.42. The number of nitrogens with zero attached hydrogens (tertiary/aromatic N) is 2. The van der Waals surface area contributed by atoms with Gasteiger partial charge in [-0.15, -0.1) is 6.58 Å². The molecule has 1 N–H and O–H groups in total. The van der Waals surface area contributed by atoms with Gasteiger partial charge in [-0.05, 0) is 18.8 Å². The van der Waals surface area contributed by atoms with E-state index in [-0.39, 0.29) is 0 Å². The smallest absolute Gasteiger partial charge is 0.203 e. The first-order valence-corrected chi connectivity index (χ1v) is 5.76. The molecular formula is C12H19N3. The lowest BCUT2D eigenvalue weighted by Gasteiger charge is -2.12. The summed E-state index contributed by atoms with van der Waals surface area (Å²) in [5.74, 6) is 1.82. The van der Waals surface area contributed by atoms with Crippen molar-refractivity contribution < 1.29 is 0 Å². The maximum atomic E-state index is 4.30. The molecule has 2 rings (SSSR count). The number of hydrogen-bond acceptors (Lipinski definition) is 2. The number of aromatic nitrogens is 2. The van der Waals surface area contributed by atoms with E-state index in [1.165, 1.54) is 25.7 Å². The van der Waals surface area contributed by atoms with Gasteiger partial charge in [-0.3, -0.25) is 0 Å². The van der Waals surface area contributed by atoms with Crippen LogP contribution >= 0.6 is 0 Å². The SMILES string of the molecule is C=CCn1ccnc1NCC1CCCC1. The maximum absolute atomic E-state index is 4.30. The van der Waals surface area contributed by atoms with Gasteiger partial charge in [-0.2, -0.15) is 0 Å². The monoisotopic (exact) mass is 205 g/mol. The second-order valence-corrected chi connectivity index (χ2v) is 4.22. The molecule has 1 aliphatic rings. The zero-order valence-corrected chi connectivity index (χ0v) is 9.15. The second-order valence-electron chi connectivity index (χ2n) is 4.22. The predicted octanol–water partition coefficient (Wildman–Crippen LogP) is 2.67. The molecule has 0 unspecified atom stereocenters. The van der Waals surface area contributed by atoms with Gasteiger partial charge in [-0.25, -0.2) is 4.98 Å². The molecule has 1 saturated carbocycles. The Morgan fingerprint density at radius 1 is 1.53 bits per heavy atom. The van der Waals surface area contributed by atoms with Crippen molar-refractivity contribution in [1.29, 1.82) is 0 Å². The fourth-order valence-corrected chi connectivity index (χ4v) is 2.21. The number of hydrogen-bond donors (Lipinski definition) is 1. The van der Waals surface area contributed by atoms with Crippen molar-refractivity contribution in [3.05, 3.63) is 25.0 Å². The summed E-state index contributed by atoms with van der Waals surface area (Å²) in [6.07, 6.45) is 11.2. The summed E-state index contributed by atoms with van der Waals surface area (Å²) in [7, 11) is 0. The third-order valence-electron chi connectivity index (χ3n) is 3.06. The lowest BCUT2D eigenvalue weighted by Crippen LogP contribution is -2.14. The average Bonchev–Trinajstić information content (AvgIpc) is 2.85. The Hall–Kier alpha value is -1.25. The quantitative estimate of drug-likeness (QED) is 0.749. The summed E-state index contributed by atoms with van der Waals surface area (Å²) < 4.78 is 2.09. The zero-order valence-electron chi connectivity index (χ0n) is 9.15. The molecule has 0 aromatic carbocycles. The second kappa shape index (κ2) is 5.01. The highest BCUT2D eigenvalue weighted by Gasteiger charge is 2.15. The summed E-state index contributed by atoms with van der Waals surface area (Å²) in [6, 6.07) is 0. The van der Waals surface area contributed by atoms with Gasteiger partial charge in [0.25, 0.3) is 0 Å². The van der Waals surface area contributed by atoms with Crippen molar-refractivity contribution in [2.75, 3.05) is 11.9 Å². The third-order valence-corrected chi connectivity index (χ3v) is 3.06. The van der Waals surface area contributed by atoms with Crippen LogP contribution in [0.5, 0.6) is 0 Å². The van der Waals surface area contributed by atoms with Gasteiger partial charge in [0.1, 0.15) is 0 Å². The first kappa shape index (κ1) is 10.3. The minimum absolute atomic E-state index is 0.826. The van der Waals surface area contributed by atoms with E-state index in [0.717, 1.165) is 25.0 Å². The van der Waals surface area contributed by atoms with Crippen LogP contribution in [0.1, 0.15) is 25.7 Å². The molecule has 0 amide bonds. The van der Waals surface area contributed by atoms with Crippen LogP contribution in [0.3, 0.4) is 0 Å². The normalized spacial score (nSPS) is 16.8. The molecule has 3 heteroatoms. The van der Waals surface area contributed by atoms with Gasteiger partial charge in [0.15, 0.2) is 0 Å². The lowest BCUT2D eigenvalue weighted by molar-refractivity contribution is 0.575. The molecule has 1 fully saturated rings. The van der Waals surface area contributed by atoms with E-state index in [1.807, 2.05) is 18.5 Å². The topological polar surface area (TPSA) is 29.9 Å². The molecule has 1 heterocycles. The fraction of sp³-hybridized carbons (Fsp3) is 0.583. The molecule has 0 spiro atoms. The van der Waals surface area contributed by atoms with Gasteiger partial charge in [0.05, 0.1) is 0 Å². The number of allylic oxidation sites excluding steroid dienone is 1. The molecule has 82 valence electrons. The van der Waals surface area contributed by atoms with Crippen LogP contribution in [-0.4, -0.2) is 16.1 Å². The number of anilines is 1. The number of nitrogens with one attached hydrogen (secondary N) is 1. The van der Waals surface area contributed by atoms with Crippen LogP contribution in [0.15, 0.2) is 25.0 Å². The van der Waals surface area contributed by atoms with Crippen LogP contribution in [0.4, 0.5) is 5.95 Å². The van der Waals surface area contributed by atoms with Crippen molar-refractivity contribution in [3.8, 4) is 0 Å². The highest BCUT2D eigenvalue weighted by Crippen LogP contribution is 2.24. The summed E-state index contributed by atoms with van der Waals surface area (Å²) >= 11 is 0. The molecule has 0 radical (unpaired) electrons. The minimum atomic E-state index is 0.826. The van der Waals surface area contributed by atoms with E-state index in [2.05, 4.69) is 21.4 Å². The Kier molecular flexibility index (Phi) is 3.43. The van der Waals surface area contributed by atoms with Gasteiger partial charge in [0, 0.05) is 25.5 Å². The van der Waals surface area contributed by atoms with E-state index >= 15 is 0 Å². The average molecular weight is 205 g/mol. The van der Waals surface area contributed by atoms with Gasteiger partial charge in [-0.1, -0.05) is 18.9 Å². The Morgan fingerprint density at radius 2 is 2.33 bits per heavy atom. The number of rotatable bonds is 5. The molecule has 0 atom stereocenters. The maximum Gasteiger partial charge on any atom is 0.203 e. The molecule has 0 saturated heterocycles. The Labute approximate surface area is 91.2 Å². The third kappa shape index (κ3) is 2.61. The predicted molar refractivity (Wildman–Crippen MR) is 62.9 cm³/mol. The molecule has 0 bridgehead atoms. The van der Waals surface area contributed by atoms with Crippen molar-refractivity contribution in [3.63, 3.8) is 0 Å². The van der Waals surface area contributed by atoms with Crippen LogP contribution in [0.2, 0.25) is 0 Å². The van der Waals surface area contributed by atoms with Crippen LogP contribution in [0.25, 0.3) is 0 Å². The molecule has 1 aromatic heterocycles. The van der Waals surface area contributed by atoms with Crippen molar-refractivity contribution in [2.24, 2.45) is 5.92 Å². The molecule has 1 aromatic rings. The Balaban J connectivity index is 1.86. The fourth-order valence-electron chi connectivity index (χ4n) is 2.21. The van der Waals surface area contributed by atoms with Gasteiger partial charge >= 0.3 is 0 Å². The van der Waals surface area contributed by atoms with Crippen LogP contribution in [-0.2, 0) is 6.54 Å². The lowest BCUT2D eigenvalue weighted by atomic mass is 10.1. The van der Waals surface area contributed by atoms with Crippen LogP contribution < -0.4 is 5.32 Å². The summed E-state index contributed by atoms with van der Waals surface area (Å²) in [4.78, 5) is 4.30. The van der Waals surface area contributed by atoms with Gasteiger partial charge < -0.3 is 9.88 Å².